The second-order valence-electron chi connectivity index (χ2n) is 10.2. The van der Waals surface area contributed by atoms with Gasteiger partial charge in [0.1, 0.15) is 5.82 Å². The summed E-state index contributed by atoms with van der Waals surface area (Å²) in [5.41, 5.74) is 5.39. The van der Waals surface area contributed by atoms with Crippen molar-refractivity contribution in [3.63, 3.8) is 0 Å². The van der Waals surface area contributed by atoms with Gasteiger partial charge in [0.05, 0.1) is 33.3 Å². The van der Waals surface area contributed by atoms with Crippen LogP contribution >= 0.6 is 0 Å². The van der Waals surface area contributed by atoms with Crippen LogP contribution in [-0.4, -0.2) is 54.3 Å². The van der Waals surface area contributed by atoms with Crippen LogP contribution < -0.4 is 0 Å². The average Bonchev–Trinajstić information content (AvgIpc) is 3.50. The Morgan fingerprint density at radius 1 is 0.467 bits per heavy atom. The van der Waals surface area contributed by atoms with Crippen LogP contribution in [0.15, 0.2) is 103 Å². The van der Waals surface area contributed by atoms with E-state index in [1.807, 2.05) is 12.1 Å². The molecule has 0 amide bonds. The van der Waals surface area contributed by atoms with Crippen LogP contribution in [0, 0.1) is 0 Å². The average molecular weight is 599 g/mol. The van der Waals surface area contributed by atoms with Crippen LogP contribution in [0.5, 0.6) is 0 Å². The van der Waals surface area contributed by atoms with Gasteiger partial charge >= 0.3 is 23.9 Å². The fourth-order valence-electron chi connectivity index (χ4n) is 5.20. The molecule has 10 heteroatoms. The number of hydrogen-bond donors (Lipinski definition) is 5. The van der Waals surface area contributed by atoms with Crippen molar-refractivity contribution in [3.8, 4) is 44.8 Å². The Hall–Kier alpha value is -6.55. The molecule has 5 N–H and O–H groups in total. The third kappa shape index (κ3) is 5.51. The topological polar surface area (TPSA) is 178 Å². The van der Waals surface area contributed by atoms with Crippen molar-refractivity contribution in [2.45, 2.75) is 0 Å². The van der Waals surface area contributed by atoms with Gasteiger partial charge < -0.3 is 25.4 Å². The molecule has 0 unspecified atom stereocenters. The minimum absolute atomic E-state index is 0.114. The highest BCUT2D eigenvalue weighted by atomic mass is 16.4. The molecular weight excluding hydrogens is 576 g/mol. The zero-order valence-corrected chi connectivity index (χ0v) is 23.2. The lowest BCUT2D eigenvalue weighted by atomic mass is 9.96. The number of aromatic amines is 1. The molecule has 0 atom stereocenters. The standard InChI is InChI=1S/C35H22N2O8/c38-32(39)22-5-1-3-20(13-22)27-11-12-28(21-4-2-6-23(14-21)33(40)41)30-29(27)36-31(37-30)19-9-7-18(8-10-19)24-15-25(34(42)43)17-26(16-24)35(44)45/h1-17H,(H,36,37)(H,38,39)(H,40,41)(H,42,43)(H,44,45). The summed E-state index contributed by atoms with van der Waals surface area (Å²) in [4.78, 5) is 54.7. The van der Waals surface area contributed by atoms with E-state index in [0.717, 1.165) is 6.07 Å². The van der Waals surface area contributed by atoms with Crippen LogP contribution in [0.2, 0.25) is 0 Å². The second kappa shape index (κ2) is 11.3. The molecule has 0 saturated heterocycles. The molecule has 0 fully saturated rings. The number of aromatic nitrogens is 2. The van der Waals surface area contributed by atoms with E-state index in [4.69, 9.17) is 4.98 Å². The van der Waals surface area contributed by atoms with Gasteiger partial charge in [-0.05, 0) is 64.7 Å². The Kier molecular flexibility index (Phi) is 7.15. The summed E-state index contributed by atoms with van der Waals surface area (Å²) in [7, 11) is 0. The monoisotopic (exact) mass is 598 g/mol. The van der Waals surface area contributed by atoms with E-state index in [1.54, 1.807) is 60.7 Å². The van der Waals surface area contributed by atoms with Gasteiger partial charge in [-0.15, -0.1) is 0 Å². The Balaban J connectivity index is 1.49. The van der Waals surface area contributed by atoms with E-state index in [1.165, 1.54) is 24.3 Å². The number of rotatable bonds is 8. The first-order valence-electron chi connectivity index (χ1n) is 13.5. The van der Waals surface area contributed by atoms with Gasteiger partial charge in [-0.1, -0.05) is 60.7 Å². The van der Waals surface area contributed by atoms with Crippen molar-refractivity contribution in [2.24, 2.45) is 0 Å². The number of hydrogen-bond acceptors (Lipinski definition) is 5. The van der Waals surface area contributed by atoms with Crippen LogP contribution in [0.3, 0.4) is 0 Å². The SMILES string of the molecule is O=C(O)c1cc(C(=O)O)cc(-c2ccc(-c3nc4c(-c5cccc(C(=O)O)c5)ccc(-c5cccc(C(=O)O)c5)c4[nH]3)cc2)c1. The van der Waals surface area contributed by atoms with Crippen molar-refractivity contribution in [1.29, 1.82) is 0 Å². The first-order valence-corrected chi connectivity index (χ1v) is 13.5. The number of carboxylic acid groups (broad SMARTS) is 4. The number of carbonyl (C=O) groups is 4. The largest absolute Gasteiger partial charge is 0.478 e. The van der Waals surface area contributed by atoms with Gasteiger partial charge in [-0.3, -0.25) is 0 Å². The lowest BCUT2D eigenvalue weighted by molar-refractivity contribution is 0.0680. The first kappa shape index (κ1) is 28.6. The molecule has 0 radical (unpaired) electrons. The van der Waals surface area contributed by atoms with Crippen LogP contribution in [-0.2, 0) is 0 Å². The van der Waals surface area contributed by atoms with Gasteiger partial charge in [0.2, 0.25) is 0 Å². The number of fused-ring (bicyclic) bond motifs is 1. The maximum atomic E-state index is 11.7. The fraction of sp³-hybridized carbons (Fsp3) is 0. The normalized spacial score (nSPS) is 10.9. The van der Waals surface area contributed by atoms with E-state index < -0.39 is 23.9 Å². The van der Waals surface area contributed by atoms with Crippen molar-refractivity contribution < 1.29 is 39.6 Å². The Bertz CT molecular complexity index is 2050. The highest BCUT2D eigenvalue weighted by molar-refractivity contribution is 6.03. The molecular formula is C35H22N2O8. The van der Waals surface area contributed by atoms with Crippen LogP contribution in [0.25, 0.3) is 55.8 Å². The van der Waals surface area contributed by atoms with E-state index >= 15 is 0 Å². The Morgan fingerprint density at radius 3 is 1.47 bits per heavy atom. The van der Waals surface area contributed by atoms with Gasteiger partial charge in [0.25, 0.3) is 0 Å². The molecule has 6 aromatic rings. The van der Waals surface area contributed by atoms with Gasteiger partial charge in [-0.2, -0.15) is 0 Å². The molecule has 6 rings (SSSR count). The molecule has 0 aliphatic heterocycles. The minimum atomic E-state index is -1.24. The van der Waals surface area contributed by atoms with E-state index in [2.05, 4.69) is 4.98 Å². The molecule has 0 bridgehead atoms. The first-order chi connectivity index (χ1) is 21.6. The summed E-state index contributed by atoms with van der Waals surface area (Å²) in [6.07, 6.45) is 0. The van der Waals surface area contributed by atoms with Gasteiger partial charge in [0, 0.05) is 16.7 Å². The van der Waals surface area contributed by atoms with Crippen molar-refractivity contribution in [2.75, 3.05) is 0 Å². The lowest BCUT2D eigenvalue weighted by Crippen LogP contribution is -2.03. The smallest absolute Gasteiger partial charge is 0.335 e. The van der Waals surface area contributed by atoms with Crippen molar-refractivity contribution >= 4 is 34.9 Å². The number of aromatic carboxylic acids is 4. The van der Waals surface area contributed by atoms with E-state index in [0.29, 0.717) is 55.8 Å². The number of nitrogens with one attached hydrogen (secondary N) is 1. The molecule has 0 aliphatic rings. The Labute approximate surface area is 254 Å². The maximum Gasteiger partial charge on any atom is 0.335 e. The molecule has 0 spiro atoms. The predicted octanol–water partition coefficient (Wildman–Crippen LogP) is 7.02. The Morgan fingerprint density at radius 2 is 0.933 bits per heavy atom. The summed E-state index contributed by atoms with van der Waals surface area (Å²) in [5.74, 6) is -4.15. The number of benzene rings is 5. The summed E-state index contributed by atoms with van der Waals surface area (Å²) in [6, 6.07) is 27.5. The van der Waals surface area contributed by atoms with Gasteiger partial charge in [0.15, 0.2) is 0 Å². The summed E-state index contributed by atoms with van der Waals surface area (Å²) >= 11 is 0. The zero-order chi connectivity index (χ0) is 31.8. The van der Waals surface area contributed by atoms with Gasteiger partial charge in [-0.25, -0.2) is 24.2 Å². The number of imidazole rings is 1. The minimum Gasteiger partial charge on any atom is -0.478 e. The second-order valence-corrected chi connectivity index (χ2v) is 10.2. The molecule has 1 heterocycles. The molecule has 1 aromatic heterocycles. The molecule has 5 aromatic carbocycles. The van der Waals surface area contributed by atoms with Crippen LogP contribution in [0.1, 0.15) is 41.4 Å². The predicted molar refractivity (Wildman–Crippen MR) is 166 cm³/mol. The molecule has 10 nitrogen and oxygen atoms in total. The highest BCUT2D eigenvalue weighted by Crippen LogP contribution is 2.37. The molecule has 220 valence electrons. The summed E-state index contributed by atoms with van der Waals surface area (Å²) in [5, 5.41) is 38.0. The quantitative estimate of drug-likeness (QED) is 0.123. The number of nitrogens with zero attached hydrogens (tertiary/aromatic N) is 1. The fourth-order valence-corrected chi connectivity index (χ4v) is 5.20. The third-order valence-electron chi connectivity index (χ3n) is 7.40. The maximum absolute atomic E-state index is 11.7. The van der Waals surface area contributed by atoms with Crippen molar-refractivity contribution in [3.05, 3.63) is 125 Å². The summed E-state index contributed by atoms with van der Waals surface area (Å²) in [6.45, 7) is 0. The van der Waals surface area contributed by atoms with Crippen LogP contribution in [0.4, 0.5) is 0 Å². The molecule has 45 heavy (non-hydrogen) atoms. The highest BCUT2D eigenvalue weighted by Gasteiger charge is 2.18. The lowest BCUT2D eigenvalue weighted by Gasteiger charge is -2.09. The third-order valence-corrected chi connectivity index (χ3v) is 7.40. The number of H-pyrrole nitrogens is 1. The molecule has 0 aliphatic carbocycles. The van der Waals surface area contributed by atoms with E-state index in [-0.39, 0.29) is 22.3 Å². The zero-order valence-electron chi connectivity index (χ0n) is 23.2. The number of carboxylic acids is 4. The molecule has 0 saturated carbocycles. The summed E-state index contributed by atoms with van der Waals surface area (Å²) < 4.78 is 0. The van der Waals surface area contributed by atoms with E-state index in [9.17, 15) is 39.6 Å². The van der Waals surface area contributed by atoms with Crippen molar-refractivity contribution in [1.82, 2.24) is 9.97 Å².